The van der Waals surface area contributed by atoms with Crippen molar-refractivity contribution in [3.63, 3.8) is 0 Å². The zero-order valence-corrected chi connectivity index (χ0v) is 16.0. The minimum absolute atomic E-state index is 0.0322. The molecule has 0 aliphatic heterocycles. The van der Waals surface area contributed by atoms with Gasteiger partial charge in [0.25, 0.3) is 0 Å². The molecule has 2 aromatic rings. The van der Waals surface area contributed by atoms with Gasteiger partial charge in [-0.1, -0.05) is 36.4 Å². The fourth-order valence-electron chi connectivity index (χ4n) is 2.61. The lowest BCUT2D eigenvalue weighted by Crippen LogP contribution is -2.42. The van der Waals surface area contributed by atoms with Gasteiger partial charge >= 0.3 is 0 Å². The van der Waals surface area contributed by atoms with E-state index < -0.39 is 0 Å². The number of hydrogen-bond donors (Lipinski definition) is 1. The number of hydrogen-bond acceptors (Lipinski definition) is 4. The van der Waals surface area contributed by atoms with Crippen molar-refractivity contribution < 1.29 is 14.3 Å². The van der Waals surface area contributed by atoms with Gasteiger partial charge in [-0.2, -0.15) is 0 Å². The molecule has 5 nitrogen and oxygen atoms in total. The van der Waals surface area contributed by atoms with Crippen LogP contribution in [0.3, 0.4) is 0 Å². The highest BCUT2D eigenvalue weighted by molar-refractivity contribution is 5.81. The van der Waals surface area contributed by atoms with Gasteiger partial charge in [-0.15, -0.1) is 0 Å². The molecular formula is C21H28N2O3. The number of amides is 1. The van der Waals surface area contributed by atoms with Gasteiger partial charge < -0.3 is 14.8 Å². The molecule has 1 N–H and O–H groups in total. The zero-order valence-electron chi connectivity index (χ0n) is 16.0. The van der Waals surface area contributed by atoms with Gasteiger partial charge in [0.15, 0.2) is 11.5 Å². The van der Waals surface area contributed by atoms with Crippen molar-refractivity contribution in [2.75, 3.05) is 20.7 Å². The Hall–Kier alpha value is -2.53. The number of carbonyl (C=O) groups is 1. The Labute approximate surface area is 155 Å². The number of methoxy groups -OCH3 is 1. The molecule has 0 unspecified atom stereocenters. The van der Waals surface area contributed by atoms with Crippen LogP contribution in [0.5, 0.6) is 11.5 Å². The second-order valence-corrected chi connectivity index (χ2v) is 6.25. The van der Waals surface area contributed by atoms with Crippen LogP contribution in [-0.4, -0.2) is 37.6 Å². The lowest BCUT2D eigenvalue weighted by atomic mass is 10.1. The number of ether oxygens (including phenoxy) is 2. The van der Waals surface area contributed by atoms with Crippen molar-refractivity contribution >= 4 is 5.91 Å². The molecule has 0 spiro atoms. The topological polar surface area (TPSA) is 50.8 Å². The Balaban J connectivity index is 2.02. The summed E-state index contributed by atoms with van der Waals surface area (Å²) >= 11 is 0. The molecule has 0 saturated carbocycles. The smallest absolute Gasteiger partial charge is 0.237 e. The van der Waals surface area contributed by atoms with Crippen LogP contribution in [0.1, 0.15) is 25.0 Å². The molecule has 1 atom stereocenters. The van der Waals surface area contributed by atoms with Gasteiger partial charge in [-0.05, 0) is 44.2 Å². The molecule has 0 fully saturated rings. The third kappa shape index (κ3) is 5.49. The maximum Gasteiger partial charge on any atom is 0.237 e. The predicted octanol–water partition coefficient (Wildman–Crippen LogP) is 3.23. The van der Waals surface area contributed by atoms with Crippen LogP contribution in [0.15, 0.2) is 48.5 Å². The summed E-state index contributed by atoms with van der Waals surface area (Å²) in [7, 11) is 3.57. The molecule has 2 aromatic carbocycles. The molecule has 0 aliphatic rings. The summed E-state index contributed by atoms with van der Waals surface area (Å²) in [4.78, 5) is 14.0. The number of likely N-dealkylation sites (N-methyl/N-ethyl adjacent to an activating group) is 2. The average molecular weight is 356 g/mol. The van der Waals surface area contributed by atoms with E-state index in [1.54, 1.807) is 7.11 Å². The highest BCUT2D eigenvalue weighted by atomic mass is 16.5. The van der Waals surface area contributed by atoms with E-state index in [1.807, 2.05) is 74.3 Å². The highest BCUT2D eigenvalue weighted by Crippen LogP contribution is 2.29. The summed E-state index contributed by atoms with van der Waals surface area (Å²) in [5.41, 5.74) is 2.17. The normalized spacial score (nSPS) is 11.9. The van der Waals surface area contributed by atoms with Crippen LogP contribution in [0.25, 0.3) is 0 Å². The van der Waals surface area contributed by atoms with Crippen LogP contribution in [0.4, 0.5) is 0 Å². The van der Waals surface area contributed by atoms with E-state index in [1.165, 1.54) is 0 Å². The first-order valence-corrected chi connectivity index (χ1v) is 8.86. The Morgan fingerprint density at radius 1 is 1.12 bits per heavy atom. The van der Waals surface area contributed by atoms with E-state index in [9.17, 15) is 4.79 Å². The Morgan fingerprint density at radius 2 is 1.85 bits per heavy atom. The number of rotatable bonds is 9. The van der Waals surface area contributed by atoms with Crippen molar-refractivity contribution in [3.8, 4) is 11.5 Å². The Kier molecular flexibility index (Phi) is 7.48. The first kappa shape index (κ1) is 19.8. The molecule has 140 valence electrons. The van der Waals surface area contributed by atoms with Crippen LogP contribution >= 0.6 is 0 Å². The SMILES string of the molecule is CCNC(=O)[C@@H](C)N(C)Cc1ccc(OCc2ccccc2)c(OC)c1. The fourth-order valence-corrected chi connectivity index (χ4v) is 2.61. The van der Waals surface area contributed by atoms with Gasteiger partial charge in [0.05, 0.1) is 13.2 Å². The first-order valence-electron chi connectivity index (χ1n) is 8.86. The highest BCUT2D eigenvalue weighted by Gasteiger charge is 2.18. The van der Waals surface area contributed by atoms with E-state index in [0.717, 1.165) is 11.1 Å². The third-order valence-corrected chi connectivity index (χ3v) is 4.29. The van der Waals surface area contributed by atoms with Crippen molar-refractivity contribution in [2.24, 2.45) is 0 Å². The lowest BCUT2D eigenvalue weighted by molar-refractivity contribution is -0.125. The standard InChI is InChI=1S/C21H28N2O3/c1-5-22-21(24)16(2)23(3)14-18-11-12-19(20(13-18)25-4)26-15-17-9-7-6-8-10-17/h6-13,16H,5,14-15H2,1-4H3,(H,22,24)/t16-/m1/s1. The third-order valence-electron chi connectivity index (χ3n) is 4.29. The summed E-state index contributed by atoms with van der Waals surface area (Å²) in [5.74, 6) is 1.43. The van der Waals surface area contributed by atoms with Crippen LogP contribution < -0.4 is 14.8 Å². The van der Waals surface area contributed by atoms with Gasteiger partial charge in [-0.25, -0.2) is 0 Å². The number of nitrogens with zero attached hydrogens (tertiary/aromatic N) is 1. The minimum atomic E-state index is -0.199. The number of carbonyl (C=O) groups excluding carboxylic acids is 1. The van der Waals surface area contributed by atoms with Crippen molar-refractivity contribution in [3.05, 3.63) is 59.7 Å². The molecule has 5 heteroatoms. The van der Waals surface area contributed by atoms with Crippen LogP contribution in [-0.2, 0) is 17.9 Å². The van der Waals surface area contributed by atoms with E-state index in [0.29, 0.717) is 31.2 Å². The molecule has 0 aromatic heterocycles. The second-order valence-electron chi connectivity index (χ2n) is 6.25. The predicted molar refractivity (Wildman–Crippen MR) is 103 cm³/mol. The number of benzene rings is 2. The quantitative estimate of drug-likeness (QED) is 0.749. The lowest BCUT2D eigenvalue weighted by Gasteiger charge is -2.24. The zero-order chi connectivity index (χ0) is 18.9. The molecule has 0 aliphatic carbocycles. The molecule has 0 heterocycles. The largest absolute Gasteiger partial charge is 0.493 e. The summed E-state index contributed by atoms with van der Waals surface area (Å²) in [6.07, 6.45) is 0. The molecule has 0 saturated heterocycles. The van der Waals surface area contributed by atoms with Crippen LogP contribution in [0.2, 0.25) is 0 Å². The molecule has 1 amide bonds. The van der Waals surface area contributed by atoms with Crippen molar-refractivity contribution in [2.45, 2.75) is 33.0 Å². The van der Waals surface area contributed by atoms with Gasteiger partial charge in [0, 0.05) is 13.1 Å². The molecule has 2 rings (SSSR count). The minimum Gasteiger partial charge on any atom is -0.493 e. The Bertz CT molecular complexity index is 704. The summed E-state index contributed by atoms with van der Waals surface area (Å²) < 4.78 is 11.4. The summed E-state index contributed by atoms with van der Waals surface area (Å²) in [6, 6.07) is 15.7. The fraction of sp³-hybridized carbons (Fsp3) is 0.381. The average Bonchev–Trinajstić information content (AvgIpc) is 2.67. The van der Waals surface area contributed by atoms with Crippen molar-refractivity contribution in [1.29, 1.82) is 0 Å². The number of nitrogens with one attached hydrogen (secondary N) is 1. The van der Waals surface area contributed by atoms with Gasteiger partial charge in [0.1, 0.15) is 6.61 Å². The summed E-state index contributed by atoms with van der Waals surface area (Å²) in [6.45, 7) is 5.60. The molecule has 0 radical (unpaired) electrons. The van der Waals surface area contributed by atoms with Crippen LogP contribution in [0, 0.1) is 0 Å². The molecule has 26 heavy (non-hydrogen) atoms. The van der Waals surface area contributed by atoms with E-state index in [-0.39, 0.29) is 11.9 Å². The van der Waals surface area contributed by atoms with E-state index >= 15 is 0 Å². The maximum atomic E-state index is 12.0. The van der Waals surface area contributed by atoms with Gasteiger partial charge in [-0.3, -0.25) is 9.69 Å². The monoisotopic (exact) mass is 356 g/mol. The van der Waals surface area contributed by atoms with E-state index in [2.05, 4.69) is 5.32 Å². The van der Waals surface area contributed by atoms with Crippen molar-refractivity contribution in [1.82, 2.24) is 10.2 Å². The molecule has 0 bridgehead atoms. The second kappa shape index (κ2) is 9.82. The maximum absolute atomic E-state index is 12.0. The molecular weight excluding hydrogens is 328 g/mol. The summed E-state index contributed by atoms with van der Waals surface area (Å²) in [5, 5.41) is 2.85. The first-order chi connectivity index (χ1) is 12.5. The Morgan fingerprint density at radius 3 is 2.50 bits per heavy atom. The van der Waals surface area contributed by atoms with Gasteiger partial charge in [0.2, 0.25) is 5.91 Å². The van der Waals surface area contributed by atoms with E-state index in [4.69, 9.17) is 9.47 Å².